The normalized spacial score (nSPS) is 19.9. The lowest BCUT2D eigenvalue weighted by atomic mass is 9.89. The fourth-order valence-corrected chi connectivity index (χ4v) is 4.57. The third-order valence-electron chi connectivity index (χ3n) is 6.87. The van der Waals surface area contributed by atoms with Crippen LogP contribution in [0.3, 0.4) is 0 Å². The van der Waals surface area contributed by atoms with E-state index < -0.39 is 11.9 Å². The smallest absolute Gasteiger partial charge is 0.303 e. The largest absolute Gasteiger partial charge is 0.481 e. The Kier molecular flexibility index (Phi) is 10.2. The molecule has 11 heteroatoms. The minimum atomic E-state index is -1.08. The van der Waals surface area contributed by atoms with Crippen molar-refractivity contribution in [2.45, 2.75) is 76.0 Å². The highest BCUT2D eigenvalue weighted by atomic mass is 16.5. The van der Waals surface area contributed by atoms with Gasteiger partial charge in [-0.15, -0.1) is 0 Å². The standard InChI is InChI=1S/C20H31N5O2.C4H6O4/c1-21-20(26)18-13-23-19(14-22-18)25-11-7-17(8-12-25)27-16-5-9-24(10-6-16)15-3-2-4-15;5-3(6)1-2-4(7)8/h13-17H,2-12H2,1H3,(H,21,26);1-2H2,(H,5,6)(H,7,8). The number of nitrogens with zero attached hydrogens (tertiary/aromatic N) is 4. The molecule has 35 heavy (non-hydrogen) atoms. The van der Waals surface area contributed by atoms with Crippen molar-refractivity contribution in [3.05, 3.63) is 18.1 Å². The minimum absolute atomic E-state index is 0.204. The van der Waals surface area contributed by atoms with Crippen LogP contribution in [0.25, 0.3) is 0 Å². The first kappa shape index (κ1) is 26.8. The Morgan fingerprint density at radius 2 is 1.49 bits per heavy atom. The quantitative estimate of drug-likeness (QED) is 0.492. The number of carboxylic acid groups (broad SMARTS) is 2. The fraction of sp³-hybridized carbons (Fsp3) is 0.708. The zero-order valence-corrected chi connectivity index (χ0v) is 20.4. The highest BCUT2D eigenvalue weighted by molar-refractivity contribution is 5.91. The lowest BCUT2D eigenvalue weighted by Gasteiger charge is -2.42. The van der Waals surface area contributed by atoms with Crippen molar-refractivity contribution in [1.29, 1.82) is 0 Å². The van der Waals surface area contributed by atoms with Gasteiger partial charge in [-0.3, -0.25) is 14.4 Å². The maximum atomic E-state index is 11.6. The van der Waals surface area contributed by atoms with E-state index in [1.54, 1.807) is 19.4 Å². The molecule has 0 spiro atoms. The molecule has 0 unspecified atom stereocenters. The number of ether oxygens (including phenoxy) is 1. The monoisotopic (exact) mass is 491 g/mol. The van der Waals surface area contributed by atoms with Gasteiger partial charge in [-0.25, -0.2) is 9.97 Å². The summed E-state index contributed by atoms with van der Waals surface area (Å²) in [5.74, 6) is -1.51. The topological polar surface area (TPSA) is 145 Å². The van der Waals surface area contributed by atoms with E-state index in [4.69, 9.17) is 14.9 Å². The van der Waals surface area contributed by atoms with Gasteiger partial charge in [-0.05, 0) is 38.5 Å². The minimum Gasteiger partial charge on any atom is -0.481 e. The number of rotatable bonds is 8. The highest BCUT2D eigenvalue weighted by Gasteiger charge is 2.31. The lowest BCUT2D eigenvalue weighted by molar-refractivity contribution is -0.143. The molecule has 4 rings (SSSR count). The molecule has 1 amide bonds. The average molecular weight is 492 g/mol. The SMILES string of the molecule is CNC(=O)c1cnc(N2CCC(OC3CCN(C4CCC4)CC3)CC2)cn1.O=C(O)CCC(=O)O. The van der Waals surface area contributed by atoms with E-state index in [1.165, 1.54) is 45.2 Å². The molecule has 3 heterocycles. The predicted molar refractivity (Wildman–Crippen MR) is 128 cm³/mol. The van der Waals surface area contributed by atoms with Crippen LogP contribution in [0.4, 0.5) is 5.82 Å². The van der Waals surface area contributed by atoms with Crippen LogP contribution in [0.1, 0.15) is 68.3 Å². The number of nitrogens with one attached hydrogen (secondary N) is 1. The zero-order valence-electron chi connectivity index (χ0n) is 20.4. The summed E-state index contributed by atoms with van der Waals surface area (Å²) in [5, 5.41) is 18.4. The second-order valence-corrected chi connectivity index (χ2v) is 9.27. The first-order valence-corrected chi connectivity index (χ1v) is 12.5. The van der Waals surface area contributed by atoms with Gasteiger partial charge in [-0.2, -0.15) is 0 Å². The second-order valence-electron chi connectivity index (χ2n) is 9.27. The average Bonchev–Trinajstić information content (AvgIpc) is 2.83. The first-order valence-electron chi connectivity index (χ1n) is 12.5. The maximum absolute atomic E-state index is 11.6. The van der Waals surface area contributed by atoms with Crippen molar-refractivity contribution >= 4 is 23.7 Å². The Morgan fingerprint density at radius 1 is 0.914 bits per heavy atom. The van der Waals surface area contributed by atoms with Crippen LogP contribution < -0.4 is 10.2 Å². The van der Waals surface area contributed by atoms with Gasteiger partial charge in [0.25, 0.3) is 5.91 Å². The Bertz CT molecular complexity index is 817. The van der Waals surface area contributed by atoms with E-state index in [-0.39, 0.29) is 18.7 Å². The number of aromatic nitrogens is 2. The van der Waals surface area contributed by atoms with Crippen LogP contribution in [0.2, 0.25) is 0 Å². The van der Waals surface area contributed by atoms with Crippen LogP contribution in [0.5, 0.6) is 0 Å². The Labute approximate surface area is 205 Å². The number of hydrogen-bond donors (Lipinski definition) is 3. The molecule has 11 nitrogen and oxygen atoms in total. The number of hydrogen-bond acceptors (Lipinski definition) is 8. The van der Waals surface area contributed by atoms with Gasteiger partial charge < -0.3 is 30.1 Å². The number of carbonyl (C=O) groups excluding carboxylic acids is 1. The first-order chi connectivity index (χ1) is 16.9. The molecule has 1 saturated carbocycles. The number of carbonyl (C=O) groups is 3. The summed E-state index contributed by atoms with van der Waals surface area (Å²) < 4.78 is 6.42. The second kappa shape index (κ2) is 13.3. The van der Waals surface area contributed by atoms with E-state index in [2.05, 4.69) is 25.1 Å². The number of anilines is 1. The van der Waals surface area contributed by atoms with Gasteiger partial charge in [0.05, 0.1) is 37.4 Å². The predicted octanol–water partition coefficient (Wildman–Crippen LogP) is 1.77. The van der Waals surface area contributed by atoms with E-state index >= 15 is 0 Å². The molecule has 1 aromatic rings. The molecule has 194 valence electrons. The molecule has 0 bridgehead atoms. The summed E-state index contributed by atoms with van der Waals surface area (Å²) in [5.41, 5.74) is 0.354. The van der Waals surface area contributed by atoms with E-state index in [0.29, 0.717) is 17.9 Å². The summed E-state index contributed by atoms with van der Waals surface area (Å²) in [4.78, 5) is 44.4. The molecular formula is C24H37N5O6. The summed E-state index contributed by atoms with van der Waals surface area (Å²) in [6.07, 6.45) is 12.1. The summed E-state index contributed by atoms with van der Waals surface area (Å²) in [7, 11) is 1.60. The molecule has 1 aliphatic carbocycles. The number of carboxylic acids is 2. The van der Waals surface area contributed by atoms with Gasteiger partial charge in [-0.1, -0.05) is 6.42 Å². The summed E-state index contributed by atoms with van der Waals surface area (Å²) in [6, 6.07) is 0.866. The van der Waals surface area contributed by atoms with Gasteiger partial charge in [0, 0.05) is 39.3 Å². The third kappa shape index (κ3) is 8.43. The fourth-order valence-electron chi connectivity index (χ4n) is 4.57. The van der Waals surface area contributed by atoms with E-state index in [9.17, 15) is 14.4 Å². The van der Waals surface area contributed by atoms with Crippen molar-refractivity contribution in [2.75, 3.05) is 38.1 Å². The third-order valence-corrected chi connectivity index (χ3v) is 6.87. The molecule has 3 fully saturated rings. The Morgan fingerprint density at radius 3 is 1.91 bits per heavy atom. The molecule has 0 radical (unpaired) electrons. The molecular weight excluding hydrogens is 454 g/mol. The maximum Gasteiger partial charge on any atom is 0.303 e. The van der Waals surface area contributed by atoms with Crippen molar-refractivity contribution in [3.63, 3.8) is 0 Å². The van der Waals surface area contributed by atoms with Gasteiger partial charge in [0.1, 0.15) is 11.5 Å². The number of aliphatic carboxylic acids is 2. The van der Waals surface area contributed by atoms with Gasteiger partial charge >= 0.3 is 11.9 Å². The Balaban J connectivity index is 0.000000371. The number of likely N-dealkylation sites (tertiary alicyclic amines) is 1. The van der Waals surface area contributed by atoms with Crippen LogP contribution in [0.15, 0.2) is 12.4 Å². The summed E-state index contributed by atoms with van der Waals surface area (Å²) in [6.45, 7) is 4.28. The summed E-state index contributed by atoms with van der Waals surface area (Å²) >= 11 is 0. The number of amides is 1. The molecule has 0 atom stereocenters. The molecule has 1 aromatic heterocycles. The highest BCUT2D eigenvalue weighted by Crippen LogP contribution is 2.29. The van der Waals surface area contributed by atoms with Crippen LogP contribution >= 0.6 is 0 Å². The van der Waals surface area contributed by atoms with E-state index in [1.807, 2.05) is 0 Å². The van der Waals surface area contributed by atoms with Crippen molar-refractivity contribution in [3.8, 4) is 0 Å². The van der Waals surface area contributed by atoms with Crippen molar-refractivity contribution < 1.29 is 29.3 Å². The number of piperidine rings is 2. The van der Waals surface area contributed by atoms with Crippen LogP contribution in [0, 0.1) is 0 Å². The molecule has 2 aliphatic heterocycles. The van der Waals surface area contributed by atoms with Gasteiger partial charge in [0.15, 0.2) is 0 Å². The zero-order chi connectivity index (χ0) is 25.2. The van der Waals surface area contributed by atoms with Crippen LogP contribution in [-0.2, 0) is 14.3 Å². The van der Waals surface area contributed by atoms with E-state index in [0.717, 1.165) is 37.8 Å². The van der Waals surface area contributed by atoms with Crippen LogP contribution in [-0.4, -0.2) is 94.4 Å². The molecule has 3 aliphatic rings. The molecule has 3 N–H and O–H groups in total. The lowest BCUT2D eigenvalue weighted by Crippen LogP contribution is -2.47. The van der Waals surface area contributed by atoms with Crippen molar-refractivity contribution in [2.24, 2.45) is 0 Å². The van der Waals surface area contributed by atoms with Crippen molar-refractivity contribution in [1.82, 2.24) is 20.2 Å². The van der Waals surface area contributed by atoms with Gasteiger partial charge in [0.2, 0.25) is 0 Å². The molecule has 0 aromatic carbocycles. The Hall–Kier alpha value is -2.79. The molecule has 2 saturated heterocycles.